The number of hydrogen-bond acceptors (Lipinski definition) is 9. The van der Waals surface area contributed by atoms with Crippen LogP contribution in [0.25, 0.3) is 10.8 Å². The molecule has 0 amide bonds. The van der Waals surface area contributed by atoms with Gasteiger partial charge in [0.25, 0.3) is 11.1 Å². The summed E-state index contributed by atoms with van der Waals surface area (Å²) < 4.78 is 6.07. The van der Waals surface area contributed by atoms with E-state index in [0.717, 1.165) is 15.9 Å². The molecule has 11 heteroatoms. The number of H-pyrrole nitrogens is 1. The van der Waals surface area contributed by atoms with Crippen LogP contribution < -0.4 is 22.2 Å². The second-order valence-electron chi connectivity index (χ2n) is 6.91. The van der Waals surface area contributed by atoms with Crippen molar-refractivity contribution in [2.45, 2.75) is 20.1 Å². The molecule has 0 aliphatic heterocycles. The summed E-state index contributed by atoms with van der Waals surface area (Å²) in [6.45, 7) is 1.16. The van der Waals surface area contributed by atoms with Crippen LogP contribution in [0.15, 0.2) is 58.1 Å². The first kappa shape index (κ1) is 20.7. The van der Waals surface area contributed by atoms with Crippen molar-refractivity contribution in [3.63, 3.8) is 0 Å². The molecule has 0 saturated carbocycles. The number of nitrogens with zero attached hydrogens (tertiary/aromatic N) is 4. The zero-order valence-corrected chi connectivity index (χ0v) is 17.0. The molecule has 11 nitrogen and oxygen atoms in total. The van der Waals surface area contributed by atoms with Crippen LogP contribution in [0.3, 0.4) is 0 Å². The van der Waals surface area contributed by atoms with E-state index in [-0.39, 0.29) is 35.1 Å². The molecule has 0 spiro atoms. The van der Waals surface area contributed by atoms with E-state index in [0.29, 0.717) is 0 Å². The molecule has 0 radical (unpaired) electrons. The largest absolute Gasteiger partial charge is 0.456 e. The van der Waals surface area contributed by atoms with E-state index in [9.17, 15) is 14.4 Å². The highest BCUT2D eigenvalue weighted by Gasteiger charge is 2.13. The van der Waals surface area contributed by atoms with E-state index in [1.54, 1.807) is 12.1 Å². The summed E-state index contributed by atoms with van der Waals surface area (Å²) >= 11 is 0. The average molecular weight is 433 g/mol. The number of anilines is 3. The lowest BCUT2D eigenvalue weighted by Crippen LogP contribution is -2.32. The van der Waals surface area contributed by atoms with E-state index in [2.05, 4.69) is 25.4 Å². The van der Waals surface area contributed by atoms with Gasteiger partial charge in [-0.2, -0.15) is 15.0 Å². The topological polar surface area (TPSA) is 158 Å². The normalized spacial score (nSPS) is 10.8. The van der Waals surface area contributed by atoms with Crippen molar-refractivity contribution in [1.82, 2.24) is 24.7 Å². The molecular formula is C21H19N7O4. The number of esters is 1. The monoisotopic (exact) mass is 433 g/mol. The molecule has 2 aromatic heterocycles. The SMILES string of the molecule is Cc1ccccc1Nc1nc(N)nc(COC(=O)Cn2[nH]c(=O)c3ccccc3c2=O)n1. The smallest absolute Gasteiger partial charge is 0.328 e. The molecule has 0 aliphatic rings. The van der Waals surface area contributed by atoms with Gasteiger partial charge in [-0.1, -0.05) is 30.3 Å². The number of carbonyl (C=O) groups excluding carboxylic acids is 1. The van der Waals surface area contributed by atoms with Crippen molar-refractivity contribution in [1.29, 1.82) is 0 Å². The van der Waals surface area contributed by atoms with Crippen molar-refractivity contribution >= 4 is 34.3 Å². The summed E-state index contributed by atoms with van der Waals surface area (Å²) in [5.74, 6) is -0.475. The van der Waals surface area contributed by atoms with Crippen molar-refractivity contribution in [3.8, 4) is 0 Å². The van der Waals surface area contributed by atoms with Gasteiger partial charge in [0.2, 0.25) is 11.9 Å². The second-order valence-corrected chi connectivity index (χ2v) is 6.91. The van der Waals surface area contributed by atoms with Crippen LogP contribution in [0.2, 0.25) is 0 Å². The minimum absolute atomic E-state index is 0.0442. The molecular weight excluding hydrogens is 414 g/mol. The van der Waals surface area contributed by atoms with Crippen molar-refractivity contribution < 1.29 is 9.53 Å². The summed E-state index contributed by atoms with van der Waals surface area (Å²) in [6.07, 6.45) is 0. The maximum atomic E-state index is 12.5. The highest BCUT2D eigenvalue weighted by atomic mass is 16.5. The minimum Gasteiger partial charge on any atom is -0.456 e. The molecule has 32 heavy (non-hydrogen) atoms. The number of aromatic amines is 1. The van der Waals surface area contributed by atoms with Gasteiger partial charge in [-0.3, -0.25) is 19.5 Å². The number of aromatic nitrogens is 5. The lowest BCUT2D eigenvalue weighted by molar-refractivity contribution is -0.146. The number of rotatable bonds is 6. The quantitative estimate of drug-likeness (QED) is 0.381. The van der Waals surface area contributed by atoms with Crippen molar-refractivity contribution in [2.75, 3.05) is 11.1 Å². The fourth-order valence-electron chi connectivity index (χ4n) is 3.07. The molecule has 0 bridgehead atoms. The number of nitrogen functional groups attached to an aromatic ring is 1. The first-order chi connectivity index (χ1) is 15.4. The van der Waals surface area contributed by atoms with Gasteiger partial charge in [0.05, 0.1) is 10.8 Å². The van der Waals surface area contributed by atoms with E-state index >= 15 is 0 Å². The van der Waals surface area contributed by atoms with E-state index < -0.39 is 23.6 Å². The number of hydrogen-bond donors (Lipinski definition) is 3. The molecule has 4 N–H and O–H groups in total. The van der Waals surface area contributed by atoms with E-state index in [1.165, 1.54) is 12.1 Å². The van der Waals surface area contributed by atoms with Crippen LogP contribution >= 0.6 is 0 Å². The number of fused-ring (bicyclic) bond motifs is 1. The second kappa shape index (κ2) is 8.68. The molecule has 0 saturated heterocycles. The lowest BCUT2D eigenvalue weighted by atomic mass is 10.2. The third-order valence-corrected chi connectivity index (χ3v) is 4.62. The van der Waals surface area contributed by atoms with Crippen molar-refractivity contribution in [2.24, 2.45) is 0 Å². The molecule has 0 fully saturated rings. The Hall–Kier alpha value is -4.54. The maximum Gasteiger partial charge on any atom is 0.328 e. The van der Waals surface area contributed by atoms with Crippen LogP contribution in [0.5, 0.6) is 0 Å². The standard InChI is InChI=1S/C21H19N7O4/c1-12-6-2-5-9-15(12)23-21-25-16(24-20(22)26-21)11-32-17(29)10-28-19(31)14-8-4-3-7-13(14)18(30)27-28/h2-9H,10-11H2,1H3,(H,27,30)(H3,22,23,24,25,26). The summed E-state index contributed by atoms with van der Waals surface area (Å²) in [7, 11) is 0. The lowest BCUT2D eigenvalue weighted by Gasteiger charge is -2.10. The van der Waals surface area contributed by atoms with Crippen LogP contribution in [-0.4, -0.2) is 30.7 Å². The van der Waals surface area contributed by atoms with Crippen LogP contribution in [0.4, 0.5) is 17.6 Å². The highest BCUT2D eigenvalue weighted by Crippen LogP contribution is 2.17. The third-order valence-electron chi connectivity index (χ3n) is 4.62. The predicted molar refractivity (Wildman–Crippen MR) is 117 cm³/mol. The van der Waals surface area contributed by atoms with Gasteiger partial charge in [0.1, 0.15) is 6.54 Å². The van der Waals surface area contributed by atoms with Crippen LogP contribution in [0, 0.1) is 6.92 Å². The highest BCUT2D eigenvalue weighted by molar-refractivity contribution is 5.80. The number of nitrogens with one attached hydrogen (secondary N) is 2. The Morgan fingerprint density at radius 3 is 2.56 bits per heavy atom. The molecule has 2 heterocycles. The Balaban J connectivity index is 1.47. The molecule has 0 aliphatic carbocycles. The predicted octanol–water partition coefficient (Wildman–Crippen LogP) is 1.25. The van der Waals surface area contributed by atoms with Crippen LogP contribution in [-0.2, 0) is 22.7 Å². The van der Waals surface area contributed by atoms with Gasteiger partial charge in [-0.15, -0.1) is 0 Å². The number of carbonyl (C=O) groups is 1. The number of aryl methyl sites for hydroxylation is 1. The molecule has 0 atom stereocenters. The molecule has 4 rings (SSSR count). The summed E-state index contributed by atoms with van der Waals surface area (Å²) in [5.41, 5.74) is 6.53. The average Bonchev–Trinajstić information content (AvgIpc) is 2.77. The minimum atomic E-state index is -0.759. The van der Waals surface area contributed by atoms with Gasteiger partial charge in [-0.05, 0) is 30.7 Å². The zero-order valence-electron chi connectivity index (χ0n) is 17.0. The van der Waals surface area contributed by atoms with Gasteiger partial charge in [-0.25, -0.2) is 4.68 Å². The van der Waals surface area contributed by atoms with Crippen molar-refractivity contribution in [3.05, 3.63) is 80.6 Å². The Morgan fingerprint density at radius 2 is 1.78 bits per heavy atom. The molecule has 2 aromatic carbocycles. The van der Waals surface area contributed by atoms with Gasteiger partial charge in [0.15, 0.2) is 12.4 Å². The molecule has 0 unspecified atom stereocenters. The molecule has 162 valence electrons. The fourth-order valence-corrected chi connectivity index (χ4v) is 3.07. The van der Waals surface area contributed by atoms with E-state index in [4.69, 9.17) is 10.5 Å². The van der Waals surface area contributed by atoms with E-state index in [1.807, 2.05) is 31.2 Å². The Bertz CT molecular complexity index is 1430. The number of benzene rings is 2. The zero-order chi connectivity index (χ0) is 22.7. The first-order valence-corrected chi connectivity index (χ1v) is 9.61. The first-order valence-electron chi connectivity index (χ1n) is 9.61. The Kier molecular flexibility index (Phi) is 5.62. The number of ether oxygens (including phenoxy) is 1. The van der Waals surface area contributed by atoms with Gasteiger partial charge < -0.3 is 15.8 Å². The number of para-hydroxylation sites is 1. The Labute approximate surface area is 180 Å². The maximum absolute atomic E-state index is 12.5. The summed E-state index contributed by atoms with van der Waals surface area (Å²) in [5, 5.41) is 5.87. The summed E-state index contributed by atoms with van der Waals surface area (Å²) in [4.78, 5) is 49.1. The van der Waals surface area contributed by atoms with Crippen LogP contribution in [0.1, 0.15) is 11.4 Å². The Morgan fingerprint density at radius 1 is 1.06 bits per heavy atom. The molecule has 4 aromatic rings. The third kappa shape index (κ3) is 4.46. The van der Waals surface area contributed by atoms with Gasteiger partial charge in [0, 0.05) is 5.69 Å². The summed E-state index contributed by atoms with van der Waals surface area (Å²) in [6, 6.07) is 13.9. The fraction of sp³-hybridized carbons (Fsp3) is 0.143. The van der Waals surface area contributed by atoms with Gasteiger partial charge >= 0.3 is 5.97 Å². The number of nitrogens with two attached hydrogens (primary N) is 1.